The number of anilines is 3. The van der Waals surface area contributed by atoms with Crippen molar-refractivity contribution in [2.45, 2.75) is 64.2 Å². The first-order valence-corrected chi connectivity index (χ1v) is 31.0. The molecule has 0 atom stereocenters. The zero-order valence-electron chi connectivity index (χ0n) is 50.2. The third-order valence-electron chi connectivity index (χ3n) is 20.3. The molecule has 0 N–H and O–H groups in total. The molecule has 88 heavy (non-hydrogen) atoms. The van der Waals surface area contributed by atoms with Gasteiger partial charge in [-0.25, -0.2) is 0 Å². The van der Waals surface area contributed by atoms with Crippen molar-refractivity contribution in [3.05, 3.63) is 299 Å². The molecule has 3 heterocycles. The van der Waals surface area contributed by atoms with E-state index in [2.05, 4.69) is 306 Å². The summed E-state index contributed by atoms with van der Waals surface area (Å²) in [5.74, 6) is 0. The minimum absolute atomic E-state index is 0.224. The van der Waals surface area contributed by atoms with Crippen molar-refractivity contribution < 1.29 is 8.83 Å². The molecule has 3 aromatic heterocycles. The Labute approximate surface area is 511 Å². The highest BCUT2D eigenvalue weighted by Crippen LogP contribution is 2.64. The molecule has 0 bridgehead atoms. The van der Waals surface area contributed by atoms with E-state index in [4.69, 9.17) is 8.83 Å². The topological polar surface area (TPSA) is 34.5 Å². The highest BCUT2D eigenvalue weighted by Gasteiger charge is 2.49. The fraction of sp³-hybridized carbons (Fsp3) is 0.119. The second kappa shape index (κ2) is 18.3. The van der Waals surface area contributed by atoms with E-state index in [0.29, 0.717) is 6.42 Å². The second-order valence-corrected chi connectivity index (χ2v) is 26.3. The van der Waals surface area contributed by atoms with E-state index in [-0.39, 0.29) is 16.2 Å². The highest BCUT2D eigenvalue weighted by molar-refractivity contribution is 6.22. The minimum atomic E-state index is -0.369. The number of fused-ring (bicyclic) bond motifs is 22. The summed E-state index contributed by atoms with van der Waals surface area (Å²) in [6.45, 7) is 14.6. The van der Waals surface area contributed by atoms with E-state index in [1.54, 1.807) is 0 Å². The van der Waals surface area contributed by atoms with E-state index >= 15 is 0 Å². The lowest BCUT2D eigenvalue weighted by Gasteiger charge is -2.31. The molecule has 12 aromatic carbocycles. The Kier molecular flexibility index (Phi) is 10.6. The molecule has 3 aliphatic carbocycles. The summed E-state index contributed by atoms with van der Waals surface area (Å²) in [4.78, 5) is 2.36. The molecule has 4 nitrogen and oxygen atoms in total. The van der Waals surface area contributed by atoms with Crippen molar-refractivity contribution >= 4 is 94.4 Å². The van der Waals surface area contributed by atoms with Gasteiger partial charge in [-0.2, -0.15) is 0 Å². The molecule has 0 radical (unpaired) electrons. The van der Waals surface area contributed by atoms with Gasteiger partial charge < -0.3 is 18.3 Å². The van der Waals surface area contributed by atoms with Crippen LogP contribution in [-0.4, -0.2) is 4.57 Å². The molecule has 0 spiro atoms. The van der Waals surface area contributed by atoms with Gasteiger partial charge in [0.05, 0.1) is 16.7 Å². The Morgan fingerprint density at radius 3 is 1.68 bits per heavy atom. The molecule has 0 saturated carbocycles. The number of para-hydroxylation sites is 6. The van der Waals surface area contributed by atoms with Gasteiger partial charge in [-0.15, -0.1) is 0 Å². The van der Waals surface area contributed by atoms with Crippen LogP contribution in [0, 0.1) is 0 Å². The van der Waals surface area contributed by atoms with Gasteiger partial charge in [0.1, 0.15) is 16.7 Å². The average molecular weight is 1130 g/mol. The molecule has 4 heteroatoms. The van der Waals surface area contributed by atoms with Gasteiger partial charge >= 0.3 is 0 Å². The SMILES string of the molecule is CC1(C)c2cc(/C=C(/Cc3ccc4c(c3)C(C)(C)c3c5c(c6c(oc7ccccc76)c3-4)-c3ccccc3C5(C)C)c3ccc4c5ccccc5n(-c5ccccc5)c4c3)ccc2-c2c1cc(N(c1ccccc1)c1ccccc1)c1oc3ccccc3c21. The van der Waals surface area contributed by atoms with Crippen LogP contribution < -0.4 is 4.90 Å². The molecular weight excluding hydrogens is 1070 g/mol. The van der Waals surface area contributed by atoms with Crippen LogP contribution >= 0.6 is 0 Å². The number of aromatic nitrogens is 1. The fourth-order valence-corrected chi connectivity index (χ4v) is 16.3. The predicted molar refractivity (Wildman–Crippen MR) is 367 cm³/mol. The van der Waals surface area contributed by atoms with Gasteiger partial charge in [-0.1, -0.05) is 230 Å². The Hall–Kier alpha value is -10.4. The summed E-state index contributed by atoms with van der Waals surface area (Å²) in [7, 11) is 0. The molecule has 0 unspecified atom stereocenters. The van der Waals surface area contributed by atoms with Crippen LogP contribution in [0.3, 0.4) is 0 Å². The standard InChI is InChI=1S/C84H62N2O2/c1-82(2)65-46-50(38-41-60(65)73-67(82)49-70(80-75(73)62-32-18-22-36-71(62)87-80)85(54-24-10-7-11-25-54)55-26-12-8-13-27-55)44-53(52-40-43-58-57-30-17-21-35-68(57)86(69(58)48-52)56-28-14-9-15-29-56)45-51-39-42-61-66(47-51)84(5,6)79-77(61)81-76(63-33-19-23-37-72(63)88-81)74-59-31-16-20-34-64(59)83(3,4)78(74)79/h7-44,46-49H,45H2,1-6H3/b53-44-. The molecule has 0 fully saturated rings. The minimum Gasteiger partial charge on any atom is -0.455 e. The molecule has 15 aromatic rings. The lowest BCUT2D eigenvalue weighted by atomic mass is 9.72. The van der Waals surface area contributed by atoms with Crippen molar-refractivity contribution in [2.24, 2.45) is 0 Å². The quantitative estimate of drug-likeness (QED) is 0.142. The zero-order chi connectivity index (χ0) is 58.9. The highest BCUT2D eigenvalue weighted by atomic mass is 16.3. The number of benzene rings is 12. The van der Waals surface area contributed by atoms with E-state index in [9.17, 15) is 0 Å². The lowest BCUT2D eigenvalue weighted by Crippen LogP contribution is -2.24. The van der Waals surface area contributed by atoms with Gasteiger partial charge in [0.25, 0.3) is 0 Å². The van der Waals surface area contributed by atoms with Crippen LogP contribution in [0.1, 0.15) is 91.6 Å². The molecular formula is C84H62N2O2. The van der Waals surface area contributed by atoms with Crippen molar-refractivity contribution in [3.63, 3.8) is 0 Å². The number of allylic oxidation sites excluding steroid dienone is 1. The lowest BCUT2D eigenvalue weighted by molar-refractivity contribution is 0.599. The molecule has 0 saturated heterocycles. The summed E-state index contributed by atoms with van der Waals surface area (Å²) < 4.78 is 16.6. The zero-order valence-corrected chi connectivity index (χ0v) is 50.2. The summed E-state index contributed by atoms with van der Waals surface area (Å²) in [6, 6.07) is 91.5. The van der Waals surface area contributed by atoms with E-state index in [1.165, 1.54) is 122 Å². The van der Waals surface area contributed by atoms with Gasteiger partial charge in [-0.3, -0.25) is 0 Å². The van der Waals surface area contributed by atoms with Crippen LogP contribution in [0.5, 0.6) is 0 Å². The van der Waals surface area contributed by atoms with E-state index in [0.717, 1.165) is 55.9 Å². The van der Waals surface area contributed by atoms with Gasteiger partial charge in [0.15, 0.2) is 5.58 Å². The van der Waals surface area contributed by atoms with E-state index in [1.807, 2.05) is 0 Å². The molecule has 0 aliphatic heterocycles. The normalized spacial score (nSPS) is 14.9. The van der Waals surface area contributed by atoms with E-state index < -0.39 is 0 Å². The first-order valence-electron chi connectivity index (χ1n) is 31.0. The number of hydrogen-bond acceptors (Lipinski definition) is 3. The maximum absolute atomic E-state index is 7.11. The van der Waals surface area contributed by atoms with Crippen LogP contribution in [0.4, 0.5) is 17.1 Å². The Balaban J connectivity index is 0.828. The number of hydrogen-bond donors (Lipinski definition) is 0. The summed E-state index contributed by atoms with van der Waals surface area (Å²) >= 11 is 0. The van der Waals surface area contributed by atoms with Crippen molar-refractivity contribution in [1.29, 1.82) is 0 Å². The maximum atomic E-state index is 7.11. The van der Waals surface area contributed by atoms with Gasteiger partial charge in [-0.05, 0) is 157 Å². The van der Waals surface area contributed by atoms with Crippen molar-refractivity contribution in [1.82, 2.24) is 4.57 Å². The number of rotatable bonds is 8. The molecule has 420 valence electrons. The maximum Gasteiger partial charge on any atom is 0.160 e. The Morgan fingerprint density at radius 2 is 0.955 bits per heavy atom. The third-order valence-corrected chi connectivity index (χ3v) is 20.3. The van der Waals surface area contributed by atoms with Crippen molar-refractivity contribution in [2.75, 3.05) is 4.90 Å². The van der Waals surface area contributed by atoms with Crippen LogP contribution in [0.25, 0.3) is 116 Å². The largest absolute Gasteiger partial charge is 0.455 e. The smallest absolute Gasteiger partial charge is 0.160 e. The second-order valence-electron chi connectivity index (χ2n) is 26.3. The molecule has 0 amide bonds. The van der Waals surface area contributed by atoms with Gasteiger partial charge in [0.2, 0.25) is 0 Å². The number of furan rings is 2. The third kappa shape index (κ3) is 7.03. The fourth-order valence-electron chi connectivity index (χ4n) is 16.3. The van der Waals surface area contributed by atoms with Crippen molar-refractivity contribution in [3.8, 4) is 39.1 Å². The first kappa shape index (κ1) is 50.9. The molecule has 3 aliphatic rings. The first-order chi connectivity index (χ1) is 42.9. The summed E-state index contributed by atoms with van der Waals surface area (Å²) in [5.41, 5.74) is 30.1. The Morgan fingerprint density at radius 1 is 0.409 bits per heavy atom. The predicted octanol–water partition coefficient (Wildman–Crippen LogP) is 22.8. The average Bonchev–Trinajstić information content (AvgIpc) is 1.52. The van der Waals surface area contributed by atoms with Gasteiger partial charge in [0, 0.05) is 71.2 Å². The Bertz CT molecular complexity index is 5450. The monoisotopic (exact) mass is 1130 g/mol. The molecule has 18 rings (SSSR count). The summed E-state index contributed by atoms with van der Waals surface area (Å²) in [6.07, 6.45) is 3.20. The van der Waals surface area contributed by atoms with Crippen LogP contribution in [-0.2, 0) is 22.7 Å². The van der Waals surface area contributed by atoms with Crippen LogP contribution in [0.2, 0.25) is 0 Å². The number of nitrogens with zero attached hydrogens (tertiary/aromatic N) is 2. The summed E-state index contributed by atoms with van der Waals surface area (Å²) in [5, 5.41) is 7.16. The van der Waals surface area contributed by atoms with Crippen LogP contribution in [0.15, 0.2) is 258 Å².